The minimum absolute atomic E-state index is 0.0872. The van der Waals surface area contributed by atoms with E-state index in [1.165, 1.54) is 30.6 Å². The van der Waals surface area contributed by atoms with E-state index in [0.29, 0.717) is 21.9 Å². The number of methoxy groups -OCH3 is 1. The number of carbonyl (C=O) groups is 2. The van der Waals surface area contributed by atoms with Crippen LogP contribution in [0.5, 0.6) is 11.5 Å². The van der Waals surface area contributed by atoms with E-state index < -0.39 is 5.97 Å². The topological polar surface area (TPSA) is 85.6 Å². The molecular weight excluding hydrogens is 342 g/mol. The molecule has 2 aromatic rings. The first-order chi connectivity index (χ1) is 12.1. The molecule has 6 nitrogen and oxygen atoms in total. The number of hydrogen-bond acceptors (Lipinski definition) is 7. The number of carbonyl (C=O) groups excluding carboxylic acids is 2. The lowest BCUT2D eigenvalue weighted by atomic mass is 10.2. The van der Waals surface area contributed by atoms with E-state index in [2.05, 4.69) is 0 Å². The predicted octanol–water partition coefficient (Wildman–Crippen LogP) is 3.10. The quantitative estimate of drug-likeness (QED) is 0.410. The van der Waals surface area contributed by atoms with Gasteiger partial charge in [0.1, 0.15) is 6.07 Å². The normalized spacial score (nSPS) is 10.2. The molecule has 0 aliphatic carbocycles. The summed E-state index contributed by atoms with van der Waals surface area (Å²) in [5.41, 5.74) is 0.683. The number of benzene rings is 1. The van der Waals surface area contributed by atoms with Crippen LogP contribution in [-0.2, 0) is 9.53 Å². The van der Waals surface area contributed by atoms with Gasteiger partial charge in [0, 0.05) is 6.08 Å². The number of esters is 1. The maximum absolute atomic E-state index is 11.7. The summed E-state index contributed by atoms with van der Waals surface area (Å²) >= 11 is 1.30. The number of thiophene rings is 1. The molecule has 2 rings (SSSR count). The van der Waals surface area contributed by atoms with Gasteiger partial charge >= 0.3 is 5.97 Å². The highest BCUT2D eigenvalue weighted by Crippen LogP contribution is 2.28. The zero-order chi connectivity index (χ0) is 18.1. The largest absolute Gasteiger partial charge is 0.493 e. The van der Waals surface area contributed by atoms with Gasteiger partial charge in [-0.1, -0.05) is 12.1 Å². The van der Waals surface area contributed by atoms with Gasteiger partial charge in [0.05, 0.1) is 12.0 Å². The van der Waals surface area contributed by atoms with Crippen LogP contribution in [0.3, 0.4) is 0 Å². The predicted molar refractivity (Wildman–Crippen MR) is 92.7 cm³/mol. The first-order valence-corrected chi connectivity index (χ1v) is 8.11. The molecule has 128 valence electrons. The third-order valence-electron chi connectivity index (χ3n) is 3.03. The summed E-state index contributed by atoms with van der Waals surface area (Å²) in [6, 6.07) is 10.3. The highest BCUT2D eigenvalue weighted by molar-refractivity contribution is 7.12. The lowest BCUT2D eigenvalue weighted by molar-refractivity contribution is -0.136. The second kappa shape index (κ2) is 9.25. The minimum Gasteiger partial charge on any atom is -0.493 e. The van der Waals surface area contributed by atoms with Crippen LogP contribution in [0, 0.1) is 11.3 Å². The van der Waals surface area contributed by atoms with E-state index in [0.717, 1.165) is 0 Å². The molecule has 0 aliphatic heterocycles. The maximum Gasteiger partial charge on any atom is 0.331 e. The van der Waals surface area contributed by atoms with Crippen molar-refractivity contribution in [3.63, 3.8) is 0 Å². The molecule has 25 heavy (non-hydrogen) atoms. The van der Waals surface area contributed by atoms with Gasteiger partial charge in [-0.25, -0.2) is 4.79 Å². The van der Waals surface area contributed by atoms with Crippen molar-refractivity contribution in [1.82, 2.24) is 0 Å². The monoisotopic (exact) mass is 357 g/mol. The smallest absolute Gasteiger partial charge is 0.331 e. The molecule has 0 saturated heterocycles. The van der Waals surface area contributed by atoms with E-state index >= 15 is 0 Å². The van der Waals surface area contributed by atoms with Gasteiger partial charge in [-0.05, 0) is 35.2 Å². The number of nitriles is 1. The first kappa shape index (κ1) is 18.2. The van der Waals surface area contributed by atoms with Gasteiger partial charge in [-0.15, -0.1) is 11.3 Å². The van der Waals surface area contributed by atoms with Crippen molar-refractivity contribution in [2.45, 2.75) is 0 Å². The summed E-state index contributed by atoms with van der Waals surface area (Å²) < 4.78 is 15.3. The number of Topliss-reactive ketones (excluding diaryl/α,β-unsaturated/α-hetero) is 1. The first-order valence-electron chi connectivity index (χ1n) is 7.23. The maximum atomic E-state index is 11.7. The van der Waals surface area contributed by atoms with Crippen molar-refractivity contribution < 1.29 is 23.8 Å². The minimum atomic E-state index is -0.617. The van der Waals surface area contributed by atoms with Crippen LogP contribution in [0.2, 0.25) is 0 Å². The number of ketones is 1. The molecule has 0 bridgehead atoms. The fraction of sp³-hybridized carbons (Fsp3) is 0.167. The molecule has 0 N–H and O–H groups in total. The average molecular weight is 357 g/mol. The van der Waals surface area contributed by atoms with E-state index in [1.54, 1.807) is 35.7 Å². The fourth-order valence-corrected chi connectivity index (χ4v) is 2.53. The van der Waals surface area contributed by atoms with E-state index in [4.69, 9.17) is 19.5 Å². The van der Waals surface area contributed by atoms with Crippen molar-refractivity contribution in [1.29, 1.82) is 5.26 Å². The summed E-state index contributed by atoms with van der Waals surface area (Å²) in [5.74, 6) is 0.0232. The molecule has 0 unspecified atom stereocenters. The third kappa shape index (κ3) is 5.48. The highest BCUT2D eigenvalue weighted by atomic mass is 32.1. The second-order valence-corrected chi connectivity index (χ2v) is 5.65. The molecule has 7 heteroatoms. The Morgan fingerprint density at radius 2 is 2.12 bits per heavy atom. The summed E-state index contributed by atoms with van der Waals surface area (Å²) in [7, 11) is 1.48. The van der Waals surface area contributed by atoms with Crippen LogP contribution >= 0.6 is 11.3 Å². The van der Waals surface area contributed by atoms with Crippen molar-refractivity contribution in [3.8, 4) is 17.6 Å². The Morgan fingerprint density at radius 1 is 1.28 bits per heavy atom. The van der Waals surface area contributed by atoms with Crippen molar-refractivity contribution in [3.05, 3.63) is 52.2 Å². The summed E-state index contributed by atoms with van der Waals surface area (Å²) in [4.78, 5) is 24.0. The summed E-state index contributed by atoms with van der Waals surface area (Å²) in [5, 5.41) is 10.3. The standard InChI is InChI=1S/C18H15NO5S/c1-22-16-11-13(4-6-15(16)23-9-8-19)5-7-18(21)24-12-14(20)17-3-2-10-25-17/h2-7,10-11H,9,12H2,1H3/b7-5+. The van der Waals surface area contributed by atoms with Crippen LogP contribution in [0.15, 0.2) is 41.8 Å². The molecule has 0 amide bonds. The summed E-state index contributed by atoms with van der Waals surface area (Å²) in [6.07, 6.45) is 2.76. The van der Waals surface area contributed by atoms with Gasteiger partial charge in [0.2, 0.25) is 5.78 Å². The zero-order valence-corrected chi connectivity index (χ0v) is 14.2. The lowest BCUT2D eigenvalue weighted by Crippen LogP contribution is -2.11. The van der Waals surface area contributed by atoms with Crippen molar-refractivity contribution in [2.75, 3.05) is 20.3 Å². The van der Waals surface area contributed by atoms with Gasteiger partial charge < -0.3 is 14.2 Å². The highest BCUT2D eigenvalue weighted by Gasteiger charge is 2.09. The van der Waals surface area contributed by atoms with Crippen LogP contribution in [0.4, 0.5) is 0 Å². The SMILES string of the molecule is COc1cc(/C=C/C(=O)OCC(=O)c2cccs2)ccc1OCC#N. The molecule has 1 heterocycles. The van der Waals surface area contributed by atoms with Crippen LogP contribution in [0.25, 0.3) is 6.08 Å². The Morgan fingerprint density at radius 3 is 2.80 bits per heavy atom. The molecular formula is C18H15NO5S. The molecule has 1 aromatic carbocycles. The Balaban J connectivity index is 1.93. The van der Waals surface area contributed by atoms with Crippen LogP contribution in [-0.4, -0.2) is 32.1 Å². The fourth-order valence-electron chi connectivity index (χ4n) is 1.87. The van der Waals surface area contributed by atoms with E-state index in [-0.39, 0.29) is 19.0 Å². The molecule has 0 spiro atoms. The van der Waals surface area contributed by atoms with E-state index in [9.17, 15) is 9.59 Å². The number of rotatable bonds is 8. The molecule has 1 aromatic heterocycles. The third-order valence-corrected chi connectivity index (χ3v) is 3.94. The number of ether oxygens (including phenoxy) is 3. The van der Waals surface area contributed by atoms with Crippen molar-refractivity contribution in [2.24, 2.45) is 0 Å². The molecule has 0 fully saturated rings. The zero-order valence-electron chi connectivity index (χ0n) is 13.4. The average Bonchev–Trinajstić information content (AvgIpc) is 3.17. The Bertz CT molecular complexity index is 805. The Kier molecular flexibility index (Phi) is 6.75. The molecule has 0 aliphatic rings. The van der Waals surface area contributed by atoms with E-state index in [1.807, 2.05) is 6.07 Å². The lowest BCUT2D eigenvalue weighted by Gasteiger charge is -2.08. The Hall–Kier alpha value is -3.11. The molecule has 0 radical (unpaired) electrons. The van der Waals surface area contributed by atoms with Gasteiger partial charge in [-0.3, -0.25) is 4.79 Å². The summed E-state index contributed by atoms with van der Waals surface area (Å²) in [6.45, 7) is -0.385. The second-order valence-electron chi connectivity index (χ2n) is 4.70. The molecule has 0 atom stereocenters. The Labute approximate surface area is 148 Å². The van der Waals surface area contributed by atoms with Gasteiger partial charge in [-0.2, -0.15) is 5.26 Å². The van der Waals surface area contributed by atoms with Gasteiger partial charge in [0.25, 0.3) is 0 Å². The van der Waals surface area contributed by atoms with Crippen LogP contribution < -0.4 is 9.47 Å². The molecule has 0 saturated carbocycles. The number of hydrogen-bond donors (Lipinski definition) is 0. The number of nitrogens with zero attached hydrogens (tertiary/aromatic N) is 1. The van der Waals surface area contributed by atoms with Crippen LogP contribution in [0.1, 0.15) is 15.2 Å². The van der Waals surface area contributed by atoms with Gasteiger partial charge in [0.15, 0.2) is 24.7 Å². The van der Waals surface area contributed by atoms with Crippen molar-refractivity contribution >= 4 is 29.2 Å².